The molecule has 1 saturated heterocycles. The van der Waals surface area contributed by atoms with Gasteiger partial charge < -0.3 is 37.2 Å². The van der Waals surface area contributed by atoms with Crippen LogP contribution in [0.2, 0.25) is 0 Å². The van der Waals surface area contributed by atoms with Crippen molar-refractivity contribution in [2.24, 2.45) is 17.6 Å². The van der Waals surface area contributed by atoms with Crippen molar-refractivity contribution in [3.8, 4) is 22.5 Å². The Kier molecular flexibility index (Phi) is 13.0. The maximum Gasteiger partial charge on any atom is 0.411 e. The van der Waals surface area contributed by atoms with Gasteiger partial charge in [0, 0.05) is 29.2 Å². The van der Waals surface area contributed by atoms with E-state index >= 15 is 0 Å². The van der Waals surface area contributed by atoms with E-state index in [9.17, 15) is 46.6 Å². The third-order valence-corrected chi connectivity index (χ3v) is 10.9. The molecule has 0 radical (unpaired) electrons. The number of aliphatic hydroxyl groups is 1. The Balaban J connectivity index is 1.15. The zero-order valence-corrected chi connectivity index (χ0v) is 32.3. The summed E-state index contributed by atoms with van der Waals surface area (Å²) in [5.41, 5.74) is 9.73. The zero-order chi connectivity index (χ0) is 43.4. The number of nitrogens with one attached hydrogen (secondary N) is 5. The molecule has 4 amide bonds. The summed E-state index contributed by atoms with van der Waals surface area (Å²) in [4.78, 5) is 66.5. The van der Waals surface area contributed by atoms with Gasteiger partial charge in [0.1, 0.15) is 12.1 Å². The Hall–Kier alpha value is -6.21. The lowest BCUT2D eigenvalue weighted by molar-refractivity contribution is -0.231. The van der Waals surface area contributed by atoms with E-state index in [1.165, 1.54) is 24.3 Å². The number of H-pyrrole nitrogens is 1. The highest BCUT2D eigenvalue weighted by Crippen LogP contribution is 2.42. The molecular formula is C41H44F4N8O7. The number of benzene rings is 3. The first kappa shape index (κ1) is 43.4. The lowest BCUT2D eigenvalue weighted by Gasteiger charge is -2.28. The molecule has 1 aliphatic carbocycles. The molecule has 3 aromatic carbocycles. The van der Waals surface area contributed by atoms with Gasteiger partial charge in [-0.2, -0.15) is 22.7 Å². The van der Waals surface area contributed by atoms with Gasteiger partial charge in [0.15, 0.2) is 5.82 Å². The molecule has 318 valence electrons. The lowest BCUT2D eigenvalue weighted by Crippen LogP contribution is -2.48. The Labute approximate surface area is 340 Å². The number of anilines is 1. The second-order valence-corrected chi connectivity index (χ2v) is 15.1. The number of carbonyl (C=O) groups is 5. The van der Waals surface area contributed by atoms with Gasteiger partial charge in [0.25, 0.3) is 5.91 Å². The third-order valence-electron chi connectivity index (χ3n) is 10.9. The molecule has 1 aliphatic heterocycles. The molecule has 15 nitrogen and oxygen atoms in total. The summed E-state index contributed by atoms with van der Waals surface area (Å²) in [5.74, 6) is -17.4. The van der Waals surface area contributed by atoms with Crippen LogP contribution in [0.4, 0.5) is 23.2 Å². The van der Waals surface area contributed by atoms with Gasteiger partial charge in [-0.25, -0.2) is 9.78 Å². The number of aromatic amines is 1. The van der Waals surface area contributed by atoms with Gasteiger partial charge in [-0.15, -0.1) is 0 Å². The molecule has 0 spiro atoms. The number of amides is 4. The monoisotopic (exact) mass is 836 g/mol. The van der Waals surface area contributed by atoms with E-state index in [1.807, 2.05) is 31.2 Å². The van der Waals surface area contributed by atoms with E-state index in [0.717, 1.165) is 35.1 Å². The SMILES string of the molecule is Cc1cc(C(=O)N[C@@H]2C[C@@H](CO)NC2=O)ccc1-c1ccc(C[C@H](NC(=O)[C@H]2CC[C@H](CN)CC2)C(=O)Nc2ccc(-c3nc(C(F)(F)C(F)(F)C(=O)O)n[nH]3)cc2)cc1. The lowest BCUT2D eigenvalue weighted by atomic mass is 9.81. The molecule has 9 N–H and O–H groups in total. The highest BCUT2D eigenvalue weighted by Gasteiger charge is 2.66. The summed E-state index contributed by atoms with van der Waals surface area (Å²) in [5, 5.41) is 34.1. The Morgan fingerprint density at radius 1 is 0.950 bits per heavy atom. The fraction of sp³-hybridized carbons (Fsp3) is 0.390. The van der Waals surface area contributed by atoms with Crippen LogP contribution < -0.4 is 27.0 Å². The van der Waals surface area contributed by atoms with Crippen LogP contribution in [-0.4, -0.2) is 92.2 Å². The van der Waals surface area contributed by atoms with Crippen molar-refractivity contribution < 1.29 is 51.7 Å². The number of alkyl halides is 4. The van der Waals surface area contributed by atoms with E-state index in [-0.39, 0.29) is 54.3 Å². The minimum absolute atomic E-state index is 0.105. The topological polar surface area (TPSA) is 242 Å². The number of aromatic nitrogens is 3. The Morgan fingerprint density at radius 3 is 2.22 bits per heavy atom. The summed E-state index contributed by atoms with van der Waals surface area (Å²) in [6, 6.07) is 15.8. The minimum Gasteiger partial charge on any atom is -0.477 e. The number of nitrogens with two attached hydrogens (primary N) is 1. The fourth-order valence-corrected chi connectivity index (χ4v) is 7.33. The highest BCUT2D eigenvalue weighted by molar-refractivity contribution is 5.99. The van der Waals surface area contributed by atoms with Crippen LogP contribution in [0.3, 0.4) is 0 Å². The second-order valence-electron chi connectivity index (χ2n) is 15.1. The van der Waals surface area contributed by atoms with Crippen molar-refractivity contribution in [3.63, 3.8) is 0 Å². The molecule has 6 rings (SSSR count). The molecule has 0 unspecified atom stereocenters. The van der Waals surface area contributed by atoms with Gasteiger partial charge in [-0.3, -0.25) is 24.3 Å². The summed E-state index contributed by atoms with van der Waals surface area (Å²) in [7, 11) is 0. The maximum atomic E-state index is 14.2. The smallest absolute Gasteiger partial charge is 0.411 e. The Morgan fingerprint density at radius 2 is 1.62 bits per heavy atom. The number of rotatable bonds is 15. The molecule has 3 atom stereocenters. The maximum absolute atomic E-state index is 14.2. The molecule has 1 aromatic heterocycles. The van der Waals surface area contributed by atoms with Crippen molar-refractivity contribution in [2.75, 3.05) is 18.5 Å². The summed E-state index contributed by atoms with van der Waals surface area (Å²) < 4.78 is 55.8. The first-order chi connectivity index (χ1) is 28.5. The van der Waals surface area contributed by atoms with E-state index in [2.05, 4.69) is 36.4 Å². The molecular weight excluding hydrogens is 792 g/mol. The predicted molar refractivity (Wildman–Crippen MR) is 209 cm³/mol. The Bertz CT molecular complexity index is 2230. The van der Waals surface area contributed by atoms with Crippen LogP contribution in [0.15, 0.2) is 66.7 Å². The van der Waals surface area contributed by atoms with Crippen molar-refractivity contribution in [1.29, 1.82) is 0 Å². The second kappa shape index (κ2) is 18.0. The van der Waals surface area contributed by atoms with E-state index in [0.29, 0.717) is 30.9 Å². The van der Waals surface area contributed by atoms with Crippen LogP contribution in [0.5, 0.6) is 0 Å². The number of carbonyl (C=O) groups excluding carboxylic acids is 4. The fourth-order valence-electron chi connectivity index (χ4n) is 7.33. The predicted octanol–water partition coefficient (Wildman–Crippen LogP) is 3.67. The number of aryl methyl sites for hydroxylation is 1. The van der Waals surface area contributed by atoms with Crippen molar-refractivity contribution in [3.05, 3.63) is 89.2 Å². The number of halogens is 4. The van der Waals surface area contributed by atoms with Gasteiger partial charge in [-0.1, -0.05) is 30.3 Å². The minimum atomic E-state index is -5.46. The molecule has 1 saturated carbocycles. The summed E-state index contributed by atoms with van der Waals surface area (Å²) >= 11 is 0. The quantitative estimate of drug-likeness (QED) is 0.0809. The molecule has 2 heterocycles. The van der Waals surface area contributed by atoms with Gasteiger partial charge in [0.05, 0.1) is 12.6 Å². The number of nitrogens with zero attached hydrogens (tertiary/aromatic N) is 2. The standard InChI is InChI=1S/C41H44F4N8O7/c1-21-16-27(35(56)50-32-18-29(20-54)48-37(32)58)12-15-30(21)24-6-2-22(3-7-24)17-31(49-34(55)26-8-4-23(19-46)5-9-26)36(57)47-28-13-10-25(11-14-28)33-51-38(53-52-33)40(42,43)41(44,45)39(59)60/h2-3,6-7,10-16,23,26,29,31-32,54H,4-5,8-9,17-20,46H2,1H3,(H,47,57)(H,48,58)(H,49,55)(H,50,56)(H,59,60)(H,51,52,53)/t23-,26-,29-,31-,32+/m0/s1. The number of carboxylic acids is 1. The molecule has 19 heteroatoms. The molecule has 2 aliphatic rings. The number of carboxylic acid groups (broad SMARTS) is 1. The van der Waals surface area contributed by atoms with Crippen molar-refractivity contribution in [1.82, 2.24) is 31.1 Å². The number of hydrogen-bond donors (Lipinski definition) is 8. The number of aliphatic carboxylic acids is 1. The van der Waals surface area contributed by atoms with Crippen molar-refractivity contribution in [2.45, 2.75) is 75.4 Å². The van der Waals surface area contributed by atoms with Gasteiger partial charge in [-0.05, 0) is 110 Å². The van der Waals surface area contributed by atoms with Crippen molar-refractivity contribution >= 4 is 35.3 Å². The molecule has 4 aromatic rings. The number of aliphatic hydroxyl groups excluding tert-OH is 1. The molecule has 0 bridgehead atoms. The largest absolute Gasteiger partial charge is 0.477 e. The van der Waals surface area contributed by atoms with Crippen LogP contribution >= 0.6 is 0 Å². The summed E-state index contributed by atoms with van der Waals surface area (Å²) in [6.45, 7) is 2.16. The van der Waals surface area contributed by atoms with Gasteiger partial charge in [0.2, 0.25) is 23.5 Å². The van der Waals surface area contributed by atoms with E-state index in [1.54, 1.807) is 18.2 Å². The number of hydrogen-bond acceptors (Lipinski definition) is 9. The van der Waals surface area contributed by atoms with Crippen LogP contribution in [-0.2, 0) is 31.5 Å². The first-order valence-corrected chi connectivity index (χ1v) is 19.3. The summed E-state index contributed by atoms with van der Waals surface area (Å²) in [6.07, 6.45) is 3.22. The van der Waals surface area contributed by atoms with Crippen LogP contribution in [0.25, 0.3) is 22.5 Å². The first-order valence-electron chi connectivity index (χ1n) is 19.3. The van der Waals surface area contributed by atoms with E-state index < -0.39 is 53.6 Å². The van der Waals surface area contributed by atoms with Gasteiger partial charge >= 0.3 is 17.8 Å². The molecule has 2 fully saturated rings. The molecule has 60 heavy (non-hydrogen) atoms. The normalized spacial score (nSPS) is 19.9. The average Bonchev–Trinajstić information content (AvgIpc) is 3.88. The average molecular weight is 837 g/mol. The van der Waals surface area contributed by atoms with Crippen LogP contribution in [0, 0.1) is 18.8 Å². The van der Waals surface area contributed by atoms with Crippen LogP contribution in [0.1, 0.15) is 59.4 Å². The third kappa shape index (κ3) is 9.47. The van der Waals surface area contributed by atoms with E-state index in [4.69, 9.17) is 10.8 Å². The zero-order valence-electron chi connectivity index (χ0n) is 32.3. The highest BCUT2D eigenvalue weighted by atomic mass is 19.3.